The van der Waals surface area contributed by atoms with E-state index in [9.17, 15) is 9.18 Å². The van der Waals surface area contributed by atoms with Crippen LogP contribution in [-0.4, -0.2) is 27.6 Å². The van der Waals surface area contributed by atoms with Crippen molar-refractivity contribution in [3.8, 4) is 0 Å². The lowest BCUT2D eigenvalue weighted by molar-refractivity contribution is 0.217. The van der Waals surface area contributed by atoms with Gasteiger partial charge in [-0.2, -0.15) is 0 Å². The number of nitrogens with zero attached hydrogens (tertiary/aromatic N) is 3. The van der Waals surface area contributed by atoms with Crippen molar-refractivity contribution in [1.82, 2.24) is 14.6 Å². The Balaban J connectivity index is 1.75. The molecule has 118 valence electrons. The molecule has 0 atom stereocenters. The topological polar surface area (TPSA) is 50.2 Å². The maximum Gasteiger partial charge on any atom is 0.336 e. The average Bonchev–Trinajstić information content (AvgIpc) is 2.94. The first-order valence-electron chi connectivity index (χ1n) is 6.93. The summed E-state index contributed by atoms with van der Waals surface area (Å²) in [5.74, 6) is -0.440. The Bertz CT molecular complexity index is 844. The standard InChI is InChI=1S/C16H14ClFN4O/c1-21(9-11-12(17)5-4-6-13(11)18)16(23)20-22-10-19-14-7-2-3-8-15(14)22/h2-8,10H,9H2,1H3,(H,20,23). The van der Waals surface area contributed by atoms with Crippen LogP contribution < -0.4 is 5.43 Å². The van der Waals surface area contributed by atoms with Crippen LogP contribution in [0.25, 0.3) is 11.0 Å². The first-order chi connectivity index (χ1) is 11.1. The molecule has 0 unspecified atom stereocenters. The van der Waals surface area contributed by atoms with Gasteiger partial charge >= 0.3 is 6.03 Å². The second kappa shape index (κ2) is 6.26. The lowest BCUT2D eigenvalue weighted by atomic mass is 10.2. The van der Waals surface area contributed by atoms with Gasteiger partial charge in [-0.05, 0) is 24.3 Å². The Morgan fingerprint density at radius 3 is 2.87 bits per heavy atom. The summed E-state index contributed by atoms with van der Waals surface area (Å²) in [6, 6.07) is 11.5. The number of amides is 2. The van der Waals surface area contributed by atoms with Gasteiger partial charge in [0.15, 0.2) is 0 Å². The number of rotatable bonds is 3. The van der Waals surface area contributed by atoms with E-state index in [4.69, 9.17) is 11.6 Å². The molecule has 1 N–H and O–H groups in total. The van der Waals surface area contributed by atoms with Crippen LogP contribution >= 0.6 is 11.6 Å². The minimum absolute atomic E-state index is 0.0595. The molecule has 3 rings (SSSR count). The second-order valence-electron chi connectivity index (χ2n) is 5.08. The molecule has 0 fully saturated rings. The van der Waals surface area contributed by atoms with E-state index in [2.05, 4.69) is 10.4 Å². The van der Waals surface area contributed by atoms with Gasteiger partial charge in [0.1, 0.15) is 12.1 Å². The summed E-state index contributed by atoms with van der Waals surface area (Å²) in [6.45, 7) is 0.0595. The second-order valence-corrected chi connectivity index (χ2v) is 5.48. The molecule has 7 heteroatoms. The fourth-order valence-corrected chi connectivity index (χ4v) is 2.45. The summed E-state index contributed by atoms with van der Waals surface area (Å²) < 4.78 is 15.3. The highest BCUT2D eigenvalue weighted by molar-refractivity contribution is 6.31. The smallest absolute Gasteiger partial charge is 0.322 e. The van der Waals surface area contributed by atoms with Gasteiger partial charge in [-0.15, -0.1) is 0 Å². The molecule has 23 heavy (non-hydrogen) atoms. The van der Waals surface area contributed by atoms with E-state index in [1.165, 1.54) is 28.0 Å². The van der Waals surface area contributed by atoms with Crippen molar-refractivity contribution in [3.05, 3.63) is 65.2 Å². The Labute approximate surface area is 137 Å². The summed E-state index contributed by atoms with van der Waals surface area (Å²) >= 11 is 5.99. The monoisotopic (exact) mass is 332 g/mol. The molecule has 0 aliphatic heterocycles. The number of hydrogen-bond donors (Lipinski definition) is 1. The van der Waals surface area contributed by atoms with Crippen LogP contribution in [0, 0.1) is 5.82 Å². The third-order valence-corrected chi connectivity index (χ3v) is 3.83. The first kappa shape index (κ1) is 15.3. The molecule has 0 bridgehead atoms. The Kier molecular flexibility index (Phi) is 4.16. The number of fused-ring (bicyclic) bond motifs is 1. The predicted octanol–water partition coefficient (Wildman–Crippen LogP) is 3.62. The molecule has 1 aromatic heterocycles. The van der Waals surface area contributed by atoms with E-state index in [0.29, 0.717) is 0 Å². The van der Waals surface area contributed by atoms with Crippen LogP contribution in [0.1, 0.15) is 5.56 Å². The number of para-hydroxylation sites is 2. The quantitative estimate of drug-likeness (QED) is 0.796. The van der Waals surface area contributed by atoms with Crippen LogP contribution in [0.2, 0.25) is 5.02 Å². The minimum atomic E-state index is -0.440. The highest BCUT2D eigenvalue weighted by atomic mass is 35.5. The van der Waals surface area contributed by atoms with E-state index in [-0.39, 0.29) is 17.1 Å². The number of hydrogen-bond acceptors (Lipinski definition) is 2. The molecular weight excluding hydrogens is 319 g/mol. The van der Waals surface area contributed by atoms with Crippen molar-refractivity contribution in [3.63, 3.8) is 0 Å². The molecule has 3 aromatic rings. The van der Waals surface area contributed by atoms with Crippen molar-refractivity contribution in [2.75, 3.05) is 12.5 Å². The highest BCUT2D eigenvalue weighted by Crippen LogP contribution is 2.20. The van der Waals surface area contributed by atoms with Gasteiger partial charge in [0, 0.05) is 17.6 Å². The van der Waals surface area contributed by atoms with Gasteiger partial charge in [-0.25, -0.2) is 24.3 Å². The molecule has 2 aromatic carbocycles. The number of carbonyl (C=O) groups excluding carboxylic acids is 1. The van der Waals surface area contributed by atoms with Crippen LogP contribution in [0.3, 0.4) is 0 Å². The summed E-state index contributed by atoms with van der Waals surface area (Å²) in [7, 11) is 1.57. The summed E-state index contributed by atoms with van der Waals surface area (Å²) in [4.78, 5) is 17.8. The molecule has 0 spiro atoms. The highest BCUT2D eigenvalue weighted by Gasteiger charge is 2.15. The maximum absolute atomic E-state index is 13.8. The largest absolute Gasteiger partial charge is 0.336 e. The number of imidazole rings is 1. The average molecular weight is 333 g/mol. The molecule has 1 heterocycles. The molecule has 0 radical (unpaired) electrons. The number of urea groups is 1. The number of nitrogens with one attached hydrogen (secondary N) is 1. The van der Waals surface area contributed by atoms with Crippen molar-refractivity contribution < 1.29 is 9.18 Å². The predicted molar refractivity (Wildman–Crippen MR) is 87.4 cm³/mol. The molecule has 0 saturated carbocycles. The zero-order chi connectivity index (χ0) is 16.4. The van der Waals surface area contributed by atoms with Crippen LogP contribution in [0.4, 0.5) is 9.18 Å². The summed E-state index contributed by atoms with van der Waals surface area (Å²) in [5, 5.41) is 0.290. The Hall–Kier alpha value is -2.60. The lowest BCUT2D eigenvalue weighted by Gasteiger charge is -2.19. The van der Waals surface area contributed by atoms with E-state index >= 15 is 0 Å². The van der Waals surface area contributed by atoms with Crippen molar-refractivity contribution >= 4 is 28.7 Å². The van der Waals surface area contributed by atoms with Gasteiger partial charge in [0.05, 0.1) is 17.6 Å². The number of carbonyl (C=O) groups is 1. The Morgan fingerprint density at radius 1 is 1.30 bits per heavy atom. The molecule has 0 aliphatic rings. The summed E-state index contributed by atoms with van der Waals surface area (Å²) in [5.41, 5.74) is 4.53. The van der Waals surface area contributed by atoms with Crippen LogP contribution in [-0.2, 0) is 6.54 Å². The fraction of sp³-hybridized carbons (Fsp3) is 0.125. The van der Waals surface area contributed by atoms with Crippen molar-refractivity contribution in [1.29, 1.82) is 0 Å². The van der Waals surface area contributed by atoms with Crippen LogP contribution in [0.15, 0.2) is 48.8 Å². The van der Waals surface area contributed by atoms with Crippen LogP contribution in [0.5, 0.6) is 0 Å². The fourth-order valence-electron chi connectivity index (χ4n) is 2.23. The van der Waals surface area contributed by atoms with Gasteiger partial charge in [-0.3, -0.25) is 0 Å². The van der Waals surface area contributed by atoms with Gasteiger partial charge in [0.2, 0.25) is 0 Å². The van der Waals surface area contributed by atoms with Crippen molar-refractivity contribution in [2.45, 2.75) is 6.54 Å². The number of benzene rings is 2. The van der Waals surface area contributed by atoms with E-state index in [1.807, 2.05) is 24.3 Å². The SMILES string of the molecule is CN(Cc1c(F)cccc1Cl)C(=O)Nn1cnc2ccccc21. The normalized spacial score (nSPS) is 10.7. The van der Waals surface area contributed by atoms with Gasteiger partial charge in [-0.1, -0.05) is 29.8 Å². The zero-order valence-corrected chi connectivity index (χ0v) is 13.1. The number of halogens is 2. The first-order valence-corrected chi connectivity index (χ1v) is 7.31. The molecule has 0 aliphatic carbocycles. The maximum atomic E-state index is 13.8. The van der Waals surface area contributed by atoms with Crippen molar-refractivity contribution in [2.24, 2.45) is 0 Å². The third kappa shape index (κ3) is 3.12. The lowest BCUT2D eigenvalue weighted by Crippen LogP contribution is -2.35. The number of aromatic nitrogens is 2. The van der Waals surface area contributed by atoms with E-state index in [0.717, 1.165) is 11.0 Å². The molecule has 5 nitrogen and oxygen atoms in total. The zero-order valence-electron chi connectivity index (χ0n) is 12.3. The molecule has 2 amide bonds. The minimum Gasteiger partial charge on any atom is -0.322 e. The molecule has 0 saturated heterocycles. The Morgan fingerprint density at radius 2 is 2.09 bits per heavy atom. The van der Waals surface area contributed by atoms with Gasteiger partial charge < -0.3 is 4.90 Å². The molecular formula is C16H14ClFN4O. The van der Waals surface area contributed by atoms with E-state index < -0.39 is 11.8 Å². The van der Waals surface area contributed by atoms with E-state index in [1.54, 1.807) is 13.1 Å². The van der Waals surface area contributed by atoms with Gasteiger partial charge in [0.25, 0.3) is 0 Å². The summed E-state index contributed by atoms with van der Waals surface area (Å²) in [6.07, 6.45) is 1.52. The third-order valence-electron chi connectivity index (χ3n) is 3.47.